The highest BCUT2D eigenvalue weighted by molar-refractivity contribution is 6.01. The number of amides is 2. The maximum absolute atomic E-state index is 12.4. The quantitative estimate of drug-likeness (QED) is 0.325. The zero-order chi connectivity index (χ0) is 22.1. The van der Waals surface area contributed by atoms with Crippen LogP contribution >= 0.6 is 0 Å². The lowest BCUT2D eigenvalue weighted by Gasteiger charge is -2.11. The molecule has 0 unspecified atom stereocenters. The molecule has 2 amide bonds. The van der Waals surface area contributed by atoms with Gasteiger partial charge in [0, 0.05) is 12.8 Å². The summed E-state index contributed by atoms with van der Waals surface area (Å²) in [7, 11) is 1.50. The lowest BCUT2D eigenvalue weighted by Crippen LogP contribution is -2.44. The van der Waals surface area contributed by atoms with Crippen molar-refractivity contribution in [2.24, 2.45) is 0 Å². The number of rotatable bonds is 9. The van der Waals surface area contributed by atoms with Crippen molar-refractivity contribution in [3.05, 3.63) is 52.3 Å². The number of methoxy groups -OCH3 is 1. The van der Waals surface area contributed by atoms with Crippen molar-refractivity contribution in [2.75, 3.05) is 26.9 Å². The molecule has 0 fully saturated rings. The minimum atomic E-state index is -0.589. The van der Waals surface area contributed by atoms with Crippen molar-refractivity contribution in [3.8, 4) is 5.75 Å². The average molecular weight is 417 g/mol. The zero-order valence-corrected chi connectivity index (χ0v) is 17.6. The minimum Gasteiger partial charge on any atom is -0.483 e. The van der Waals surface area contributed by atoms with Gasteiger partial charge in [0.05, 0.1) is 12.2 Å². The van der Waals surface area contributed by atoms with Crippen LogP contribution in [0.5, 0.6) is 5.75 Å². The van der Waals surface area contributed by atoms with E-state index in [4.69, 9.17) is 14.2 Å². The topological polar surface area (TPSA) is 119 Å². The molecule has 9 heteroatoms. The van der Waals surface area contributed by atoms with Crippen LogP contribution in [0.2, 0.25) is 0 Å². The molecule has 162 valence electrons. The molecule has 2 rings (SSSR count). The van der Waals surface area contributed by atoms with Crippen molar-refractivity contribution >= 4 is 17.8 Å². The van der Waals surface area contributed by atoms with Gasteiger partial charge in [-0.3, -0.25) is 20.4 Å². The Labute approximate surface area is 175 Å². The third kappa shape index (κ3) is 5.84. The number of benzene rings is 1. The Balaban J connectivity index is 1.92. The summed E-state index contributed by atoms with van der Waals surface area (Å²) in [6.07, 6.45) is 0.774. The highest BCUT2D eigenvalue weighted by Crippen LogP contribution is 2.19. The van der Waals surface area contributed by atoms with Crippen LogP contribution in [-0.4, -0.2) is 49.7 Å². The summed E-state index contributed by atoms with van der Waals surface area (Å²) in [5.41, 5.74) is 6.95. The summed E-state index contributed by atoms with van der Waals surface area (Å²) < 4.78 is 15.5. The lowest BCUT2D eigenvalue weighted by atomic mass is 10.1. The number of hydrogen-bond donors (Lipinski definition) is 3. The summed E-state index contributed by atoms with van der Waals surface area (Å²) in [5.74, 6) is -1.04. The Hall–Kier alpha value is -3.33. The van der Waals surface area contributed by atoms with Gasteiger partial charge < -0.3 is 19.2 Å². The fraction of sp³-hybridized carbons (Fsp3) is 0.381. The van der Waals surface area contributed by atoms with Crippen molar-refractivity contribution < 1.29 is 28.6 Å². The van der Waals surface area contributed by atoms with E-state index in [1.807, 2.05) is 25.1 Å². The van der Waals surface area contributed by atoms with Crippen LogP contribution in [0.15, 0.2) is 24.3 Å². The van der Waals surface area contributed by atoms with E-state index in [1.54, 1.807) is 19.9 Å². The Morgan fingerprint density at radius 2 is 1.80 bits per heavy atom. The monoisotopic (exact) mass is 417 g/mol. The minimum absolute atomic E-state index is 0.109. The van der Waals surface area contributed by atoms with Crippen LogP contribution in [0, 0.1) is 13.8 Å². The van der Waals surface area contributed by atoms with Crippen LogP contribution in [-0.2, 0) is 20.7 Å². The number of ether oxygens (including phenoxy) is 3. The highest BCUT2D eigenvalue weighted by Gasteiger charge is 2.23. The van der Waals surface area contributed by atoms with E-state index in [0.29, 0.717) is 17.0 Å². The molecule has 0 saturated carbocycles. The summed E-state index contributed by atoms with van der Waals surface area (Å²) >= 11 is 0. The van der Waals surface area contributed by atoms with Crippen molar-refractivity contribution in [1.82, 2.24) is 15.8 Å². The van der Waals surface area contributed by atoms with Crippen molar-refractivity contribution in [1.29, 1.82) is 0 Å². The second-order valence-corrected chi connectivity index (χ2v) is 6.51. The second-order valence-electron chi connectivity index (χ2n) is 6.51. The van der Waals surface area contributed by atoms with E-state index in [2.05, 4.69) is 15.8 Å². The van der Waals surface area contributed by atoms with Crippen LogP contribution in [0.25, 0.3) is 0 Å². The lowest BCUT2D eigenvalue weighted by molar-refractivity contribution is -0.123. The normalized spacial score (nSPS) is 10.4. The van der Waals surface area contributed by atoms with E-state index in [0.717, 1.165) is 12.0 Å². The second kappa shape index (κ2) is 11.0. The van der Waals surface area contributed by atoms with Gasteiger partial charge in [-0.2, -0.15) is 0 Å². The first-order chi connectivity index (χ1) is 14.4. The number of para-hydroxylation sites is 1. The molecule has 0 saturated heterocycles. The van der Waals surface area contributed by atoms with Gasteiger partial charge in [-0.15, -0.1) is 0 Å². The number of nitrogens with one attached hydrogen (secondary N) is 3. The summed E-state index contributed by atoms with van der Waals surface area (Å²) in [6, 6.07) is 7.42. The molecule has 0 spiro atoms. The standard InChI is InChI=1S/C21H27N3O6/c1-5-15-8-6-7-9-16(15)30-12-17(25)23-24-20(26)19-13(2)18(14(3)22-19)21(27)29-11-10-28-4/h6-9,22H,5,10-12H2,1-4H3,(H,23,25)(H,24,26). The molecule has 0 aliphatic rings. The summed E-state index contributed by atoms with van der Waals surface area (Å²) in [6.45, 7) is 5.41. The van der Waals surface area contributed by atoms with Gasteiger partial charge in [-0.05, 0) is 37.5 Å². The molecule has 2 aromatic rings. The number of aromatic nitrogens is 1. The number of hydrazine groups is 1. The number of carbonyl (C=O) groups is 3. The number of carbonyl (C=O) groups excluding carboxylic acids is 3. The first kappa shape index (κ1) is 23.0. The molecule has 0 atom stereocenters. The van der Waals surface area contributed by atoms with E-state index < -0.39 is 17.8 Å². The van der Waals surface area contributed by atoms with E-state index in [1.165, 1.54) is 7.11 Å². The Morgan fingerprint density at radius 1 is 1.07 bits per heavy atom. The summed E-state index contributed by atoms with van der Waals surface area (Å²) in [4.78, 5) is 39.5. The Bertz CT molecular complexity index is 906. The van der Waals surface area contributed by atoms with E-state index >= 15 is 0 Å². The number of aryl methyl sites for hydroxylation is 2. The van der Waals surface area contributed by atoms with E-state index in [9.17, 15) is 14.4 Å². The molecule has 0 aliphatic carbocycles. The van der Waals surface area contributed by atoms with Crippen LogP contribution < -0.4 is 15.6 Å². The number of H-pyrrole nitrogens is 1. The molecule has 30 heavy (non-hydrogen) atoms. The van der Waals surface area contributed by atoms with Crippen molar-refractivity contribution in [2.45, 2.75) is 27.2 Å². The van der Waals surface area contributed by atoms with Gasteiger partial charge in [0.1, 0.15) is 18.1 Å². The number of hydrogen-bond acceptors (Lipinski definition) is 6. The zero-order valence-electron chi connectivity index (χ0n) is 17.6. The van der Waals surface area contributed by atoms with Crippen LogP contribution in [0.3, 0.4) is 0 Å². The first-order valence-corrected chi connectivity index (χ1v) is 9.54. The smallest absolute Gasteiger partial charge is 0.340 e. The molecule has 0 bridgehead atoms. The van der Waals surface area contributed by atoms with Crippen LogP contribution in [0.4, 0.5) is 0 Å². The van der Waals surface area contributed by atoms with Gasteiger partial charge in [0.2, 0.25) is 0 Å². The molecule has 1 aromatic heterocycles. The molecule has 0 aliphatic heterocycles. The fourth-order valence-electron chi connectivity index (χ4n) is 2.88. The molecular formula is C21H27N3O6. The van der Waals surface area contributed by atoms with E-state index in [-0.39, 0.29) is 31.1 Å². The van der Waals surface area contributed by atoms with Gasteiger partial charge in [-0.1, -0.05) is 25.1 Å². The van der Waals surface area contributed by atoms with Gasteiger partial charge in [0.25, 0.3) is 11.8 Å². The van der Waals surface area contributed by atoms with Crippen molar-refractivity contribution in [3.63, 3.8) is 0 Å². The average Bonchev–Trinajstić information content (AvgIpc) is 3.04. The highest BCUT2D eigenvalue weighted by atomic mass is 16.6. The molecule has 1 heterocycles. The number of aromatic amines is 1. The van der Waals surface area contributed by atoms with Gasteiger partial charge >= 0.3 is 5.97 Å². The third-order valence-corrected chi connectivity index (χ3v) is 4.42. The predicted octanol–water partition coefficient (Wildman–Crippen LogP) is 1.84. The largest absolute Gasteiger partial charge is 0.483 e. The van der Waals surface area contributed by atoms with Gasteiger partial charge in [-0.25, -0.2) is 4.79 Å². The predicted molar refractivity (Wildman–Crippen MR) is 109 cm³/mol. The Morgan fingerprint density at radius 3 is 2.50 bits per heavy atom. The molecule has 1 aromatic carbocycles. The van der Waals surface area contributed by atoms with Crippen LogP contribution in [0.1, 0.15) is 44.6 Å². The maximum Gasteiger partial charge on any atom is 0.340 e. The molecule has 0 radical (unpaired) electrons. The number of esters is 1. The summed E-state index contributed by atoms with van der Waals surface area (Å²) in [5, 5.41) is 0. The molecular weight excluding hydrogens is 390 g/mol. The molecule has 9 nitrogen and oxygen atoms in total. The first-order valence-electron chi connectivity index (χ1n) is 9.54. The third-order valence-electron chi connectivity index (χ3n) is 4.42. The molecule has 3 N–H and O–H groups in total. The van der Waals surface area contributed by atoms with Gasteiger partial charge in [0.15, 0.2) is 6.61 Å². The Kier molecular flexibility index (Phi) is 8.42. The maximum atomic E-state index is 12.4. The fourth-order valence-corrected chi connectivity index (χ4v) is 2.88. The SMILES string of the molecule is CCc1ccccc1OCC(=O)NNC(=O)c1[nH]c(C)c(C(=O)OCCOC)c1C.